The van der Waals surface area contributed by atoms with E-state index < -0.39 is 0 Å². The Morgan fingerprint density at radius 3 is 2.78 bits per heavy atom. The third-order valence-electron chi connectivity index (χ3n) is 1.66. The molecule has 0 amide bonds. The van der Waals surface area contributed by atoms with Gasteiger partial charge in [0.1, 0.15) is 0 Å². The van der Waals surface area contributed by atoms with Crippen molar-refractivity contribution in [1.29, 1.82) is 0 Å². The summed E-state index contributed by atoms with van der Waals surface area (Å²) in [7, 11) is 0. The van der Waals surface area contributed by atoms with Crippen LogP contribution in [0.1, 0.15) is 6.42 Å². The Bertz CT molecular complexity index is 85.1. The number of rotatable bonds is 2. The highest BCUT2D eigenvalue weighted by molar-refractivity contribution is 4.73. The van der Waals surface area contributed by atoms with Crippen molar-refractivity contribution < 1.29 is 10.2 Å². The zero-order valence-electron chi connectivity index (χ0n) is 5.45. The summed E-state index contributed by atoms with van der Waals surface area (Å²) < 4.78 is 0. The molecule has 2 N–H and O–H groups in total. The molecule has 0 aromatic heterocycles. The van der Waals surface area contributed by atoms with Crippen molar-refractivity contribution in [3.8, 4) is 0 Å². The summed E-state index contributed by atoms with van der Waals surface area (Å²) in [5, 5.41) is 17.5. The topological polar surface area (TPSA) is 43.7 Å². The SMILES string of the molecule is OCCN1CC[C@@H](O)C1. The van der Waals surface area contributed by atoms with E-state index in [2.05, 4.69) is 4.90 Å². The number of nitrogens with zero attached hydrogens (tertiary/aromatic N) is 1. The average Bonchev–Trinajstić information content (AvgIpc) is 2.17. The molecule has 3 heteroatoms. The van der Waals surface area contributed by atoms with Gasteiger partial charge in [0.15, 0.2) is 0 Å². The van der Waals surface area contributed by atoms with Crippen LogP contribution in [-0.4, -0.2) is 47.5 Å². The van der Waals surface area contributed by atoms with Crippen LogP contribution in [0.15, 0.2) is 0 Å². The van der Waals surface area contributed by atoms with Gasteiger partial charge in [-0.1, -0.05) is 0 Å². The van der Waals surface area contributed by atoms with E-state index in [1.807, 2.05) is 0 Å². The van der Waals surface area contributed by atoms with Crippen molar-refractivity contribution in [1.82, 2.24) is 4.90 Å². The second-order valence-corrected chi connectivity index (χ2v) is 2.47. The fourth-order valence-electron chi connectivity index (χ4n) is 1.16. The molecule has 54 valence electrons. The first-order chi connectivity index (χ1) is 4.33. The normalized spacial score (nSPS) is 29.3. The summed E-state index contributed by atoms with van der Waals surface area (Å²) in [4.78, 5) is 2.06. The second kappa shape index (κ2) is 3.15. The van der Waals surface area contributed by atoms with Crippen LogP contribution in [-0.2, 0) is 0 Å². The van der Waals surface area contributed by atoms with E-state index >= 15 is 0 Å². The standard InChI is InChI=1S/C6H13NO2/c8-4-3-7-2-1-6(9)5-7/h6,8-9H,1-5H2/t6-/m1/s1. The maximum absolute atomic E-state index is 9.00. The number of likely N-dealkylation sites (tertiary alicyclic amines) is 1. The van der Waals surface area contributed by atoms with Crippen molar-refractivity contribution in [2.24, 2.45) is 0 Å². The lowest BCUT2D eigenvalue weighted by Gasteiger charge is -2.11. The maximum atomic E-state index is 9.00. The third-order valence-corrected chi connectivity index (χ3v) is 1.66. The molecule has 0 aromatic rings. The van der Waals surface area contributed by atoms with Crippen LogP contribution in [0, 0.1) is 0 Å². The molecule has 1 aliphatic rings. The zero-order chi connectivity index (χ0) is 6.69. The molecule has 0 bridgehead atoms. The Labute approximate surface area is 54.9 Å². The highest BCUT2D eigenvalue weighted by Crippen LogP contribution is 2.06. The Morgan fingerprint density at radius 2 is 2.33 bits per heavy atom. The monoisotopic (exact) mass is 131 g/mol. The average molecular weight is 131 g/mol. The van der Waals surface area contributed by atoms with Gasteiger partial charge in [-0.25, -0.2) is 0 Å². The number of hydrogen-bond donors (Lipinski definition) is 2. The molecule has 1 aliphatic heterocycles. The van der Waals surface area contributed by atoms with Gasteiger partial charge in [0.2, 0.25) is 0 Å². The number of aliphatic hydroxyl groups excluding tert-OH is 2. The van der Waals surface area contributed by atoms with Gasteiger partial charge in [-0.2, -0.15) is 0 Å². The Kier molecular flexibility index (Phi) is 2.45. The minimum atomic E-state index is -0.156. The lowest BCUT2D eigenvalue weighted by atomic mass is 10.3. The fourth-order valence-corrected chi connectivity index (χ4v) is 1.16. The highest BCUT2D eigenvalue weighted by atomic mass is 16.3. The molecule has 1 saturated heterocycles. The van der Waals surface area contributed by atoms with E-state index in [4.69, 9.17) is 10.2 Å². The molecular weight excluding hydrogens is 118 g/mol. The minimum Gasteiger partial charge on any atom is -0.395 e. The van der Waals surface area contributed by atoms with Gasteiger partial charge < -0.3 is 10.2 Å². The maximum Gasteiger partial charge on any atom is 0.0679 e. The molecule has 9 heavy (non-hydrogen) atoms. The van der Waals surface area contributed by atoms with Gasteiger partial charge in [-0.15, -0.1) is 0 Å². The molecule has 1 rings (SSSR count). The van der Waals surface area contributed by atoms with E-state index in [0.717, 1.165) is 19.5 Å². The summed E-state index contributed by atoms with van der Waals surface area (Å²) in [5.74, 6) is 0. The molecule has 0 unspecified atom stereocenters. The number of hydrogen-bond acceptors (Lipinski definition) is 3. The quantitative estimate of drug-likeness (QED) is 0.507. The molecule has 1 atom stereocenters. The van der Waals surface area contributed by atoms with Crippen molar-refractivity contribution in [3.63, 3.8) is 0 Å². The van der Waals surface area contributed by atoms with Gasteiger partial charge in [-0.3, -0.25) is 4.90 Å². The van der Waals surface area contributed by atoms with Crippen LogP contribution in [0.3, 0.4) is 0 Å². The van der Waals surface area contributed by atoms with Crippen LogP contribution >= 0.6 is 0 Å². The first kappa shape index (κ1) is 6.99. The Balaban J connectivity index is 2.14. The fraction of sp³-hybridized carbons (Fsp3) is 1.00. The van der Waals surface area contributed by atoms with Gasteiger partial charge in [0.05, 0.1) is 12.7 Å². The third kappa shape index (κ3) is 1.93. The van der Waals surface area contributed by atoms with Gasteiger partial charge >= 0.3 is 0 Å². The lowest BCUT2D eigenvalue weighted by Crippen LogP contribution is -2.25. The smallest absolute Gasteiger partial charge is 0.0679 e. The van der Waals surface area contributed by atoms with E-state index in [-0.39, 0.29) is 12.7 Å². The van der Waals surface area contributed by atoms with Crippen LogP contribution < -0.4 is 0 Å². The first-order valence-electron chi connectivity index (χ1n) is 3.34. The molecule has 0 aromatic carbocycles. The van der Waals surface area contributed by atoms with Gasteiger partial charge in [-0.05, 0) is 6.42 Å². The van der Waals surface area contributed by atoms with E-state index in [1.165, 1.54) is 0 Å². The van der Waals surface area contributed by atoms with Crippen molar-refractivity contribution in [3.05, 3.63) is 0 Å². The summed E-state index contributed by atoms with van der Waals surface area (Å²) in [6.45, 7) is 2.58. The highest BCUT2D eigenvalue weighted by Gasteiger charge is 2.18. The van der Waals surface area contributed by atoms with Crippen LogP contribution in [0.2, 0.25) is 0 Å². The van der Waals surface area contributed by atoms with E-state index in [0.29, 0.717) is 6.54 Å². The van der Waals surface area contributed by atoms with E-state index in [1.54, 1.807) is 0 Å². The molecule has 0 aliphatic carbocycles. The molecule has 1 heterocycles. The van der Waals surface area contributed by atoms with Crippen LogP contribution in [0.4, 0.5) is 0 Å². The zero-order valence-corrected chi connectivity index (χ0v) is 5.45. The van der Waals surface area contributed by atoms with Crippen LogP contribution in [0.25, 0.3) is 0 Å². The number of aliphatic hydroxyl groups is 2. The van der Waals surface area contributed by atoms with Gasteiger partial charge in [0.25, 0.3) is 0 Å². The molecule has 0 spiro atoms. The van der Waals surface area contributed by atoms with E-state index in [9.17, 15) is 0 Å². The lowest BCUT2D eigenvalue weighted by molar-refractivity contribution is 0.164. The van der Waals surface area contributed by atoms with Gasteiger partial charge in [0, 0.05) is 19.6 Å². The number of β-amino-alcohol motifs (C(OH)–C–C–N with tert-alkyl or cyclic N) is 2. The largest absolute Gasteiger partial charge is 0.395 e. The van der Waals surface area contributed by atoms with Crippen molar-refractivity contribution in [2.75, 3.05) is 26.2 Å². The molecule has 1 fully saturated rings. The summed E-state index contributed by atoms with van der Waals surface area (Å²) in [5.41, 5.74) is 0. The van der Waals surface area contributed by atoms with Crippen LogP contribution in [0.5, 0.6) is 0 Å². The van der Waals surface area contributed by atoms with Crippen molar-refractivity contribution in [2.45, 2.75) is 12.5 Å². The van der Waals surface area contributed by atoms with Crippen molar-refractivity contribution >= 4 is 0 Å². The molecular formula is C6H13NO2. The summed E-state index contributed by atoms with van der Waals surface area (Å²) in [6, 6.07) is 0. The summed E-state index contributed by atoms with van der Waals surface area (Å²) >= 11 is 0. The summed E-state index contributed by atoms with van der Waals surface area (Å²) in [6.07, 6.45) is 0.705. The molecule has 0 saturated carbocycles. The first-order valence-corrected chi connectivity index (χ1v) is 3.34. The minimum absolute atomic E-state index is 0.156. The predicted molar refractivity (Wildman–Crippen MR) is 34.1 cm³/mol. The second-order valence-electron chi connectivity index (χ2n) is 2.47. The Morgan fingerprint density at radius 1 is 1.56 bits per heavy atom. The predicted octanol–water partition coefficient (Wildman–Crippen LogP) is -0.955. The molecule has 0 radical (unpaired) electrons. The Hall–Kier alpha value is -0.120. The molecule has 3 nitrogen and oxygen atoms in total.